The number of rotatable bonds is 5. The molecule has 0 saturated heterocycles. The zero-order chi connectivity index (χ0) is 16.3. The molecule has 0 aliphatic rings. The fourth-order valence-electron chi connectivity index (χ4n) is 1.90. The van der Waals surface area contributed by atoms with Crippen LogP contribution in [0.5, 0.6) is 0 Å². The van der Waals surface area contributed by atoms with Crippen molar-refractivity contribution in [3.63, 3.8) is 0 Å². The predicted molar refractivity (Wildman–Crippen MR) is 87.9 cm³/mol. The second kappa shape index (κ2) is 6.87. The van der Waals surface area contributed by atoms with Gasteiger partial charge in [-0.3, -0.25) is 4.79 Å². The summed E-state index contributed by atoms with van der Waals surface area (Å²) in [5, 5.41) is 6.29. The number of carbonyl (C=O) groups excluding carboxylic acids is 1. The maximum Gasteiger partial charge on any atom is 0.256 e. The Bertz CT molecular complexity index is 667. The van der Waals surface area contributed by atoms with Crippen LogP contribution in [0.25, 0.3) is 0 Å². The predicted octanol–water partition coefficient (Wildman–Crippen LogP) is 3.72. The van der Waals surface area contributed by atoms with Gasteiger partial charge in [0.25, 0.3) is 5.91 Å². The number of nitrogens with zero attached hydrogens (tertiary/aromatic N) is 2. The first-order chi connectivity index (χ1) is 10.4. The van der Waals surface area contributed by atoms with Gasteiger partial charge in [-0.15, -0.1) is 11.3 Å². The highest BCUT2D eigenvalue weighted by molar-refractivity contribution is 7.09. The minimum absolute atomic E-state index is 0.0659. The number of hydrogen-bond acceptors (Lipinski definition) is 4. The van der Waals surface area contributed by atoms with E-state index in [9.17, 15) is 9.18 Å². The first kappa shape index (κ1) is 16.4. The van der Waals surface area contributed by atoms with E-state index in [1.54, 1.807) is 31.5 Å². The summed E-state index contributed by atoms with van der Waals surface area (Å²) < 4.78 is 13.7. The molecule has 118 valence electrons. The number of amides is 1. The van der Waals surface area contributed by atoms with Gasteiger partial charge in [-0.25, -0.2) is 9.37 Å². The number of carbonyl (C=O) groups is 1. The summed E-state index contributed by atoms with van der Waals surface area (Å²) in [7, 11) is 3.20. The Labute approximate surface area is 134 Å². The number of hydrogen-bond donors (Lipinski definition) is 1. The third kappa shape index (κ3) is 3.82. The van der Waals surface area contributed by atoms with Gasteiger partial charge >= 0.3 is 0 Å². The maximum atomic E-state index is 13.7. The van der Waals surface area contributed by atoms with Gasteiger partial charge in [0.1, 0.15) is 5.82 Å². The minimum Gasteiger partial charge on any atom is -0.379 e. The lowest BCUT2D eigenvalue weighted by molar-refractivity contribution is 0.0823. The maximum absolute atomic E-state index is 13.7. The average molecular weight is 321 g/mol. The highest BCUT2D eigenvalue weighted by Gasteiger charge is 2.14. The van der Waals surface area contributed by atoms with Crippen molar-refractivity contribution >= 4 is 22.9 Å². The standard InChI is InChI=1S/C16H20FN3OS/c1-10(2)15-19-12(9-22-15)8-18-11-5-6-14(17)13(7-11)16(21)20(3)4/h5-7,9-10,18H,8H2,1-4H3. The zero-order valence-corrected chi connectivity index (χ0v) is 14.0. The molecule has 6 heteroatoms. The van der Waals surface area contributed by atoms with Crippen molar-refractivity contribution < 1.29 is 9.18 Å². The number of aromatic nitrogens is 1. The SMILES string of the molecule is CC(C)c1nc(CNc2ccc(F)c(C(=O)N(C)C)c2)cs1. The lowest BCUT2D eigenvalue weighted by Crippen LogP contribution is -2.23. The van der Waals surface area contributed by atoms with Gasteiger partial charge in [0.05, 0.1) is 22.8 Å². The number of anilines is 1. The lowest BCUT2D eigenvalue weighted by atomic mass is 10.1. The number of thiazole rings is 1. The van der Waals surface area contributed by atoms with Crippen LogP contribution >= 0.6 is 11.3 Å². The van der Waals surface area contributed by atoms with Crippen LogP contribution in [0, 0.1) is 5.82 Å². The molecule has 0 bridgehead atoms. The Kier molecular flexibility index (Phi) is 5.13. The fraction of sp³-hybridized carbons (Fsp3) is 0.375. The van der Waals surface area contributed by atoms with E-state index < -0.39 is 5.82 Å². The summed E-state index contributed by atoms with van der Waals surface area (Å²) in [5.74, 6) is -0.453. The highest BCUT2D eigenvalue weighted by Crippen LogP contribution is 2.21. The molecule has 0 radical (unpaired) electrons. The van der Waals surface area contributed by atoms with E-state index in [0.717, 1.165) is 10.7 Å². The first-order valence-electron chi connectivity index (χ1n) is 7.08. The molecule has 0 spiro atoms. The fourth-order valence-corrected chi connectivity index (χ4v) is 2.74. The molecule has 0 saturated carbocycles. The van der Waals surface area contributed by atoms with Gasteiger partial charge in [-0.05, 0) is 18.2 Å². The molecule has 0 aliphatic heterocycles. The van der Waals surface area contributed by atoms with Gasteiger partial charge in [0.15, 0.2) is 0 Å². The number of nitrogens with one attached hydrogen (secondary N) is 1. The summed E-state index contributed by atoms with van der Waals surface area (Å²) in [6, 6.07) is 4.46. The molecule has 22 heavy (non-hydrogen) atoms. The summed E-state index contributed by atoms with van der Waals surface area (Å²) in [4.78, 5) is 17.8. The Morgan fingerprint density at radius 2 is 2.14 bits per heavy atom. The lowest BCUT2D eigenvalue weighted by Gasteiger charge is -2.12. The van der Waals surface area contributed by atoms with E-state index in [-0.39, 0.29) is 11.5 Å². The molecule has 1 aromatic carbocycles. The smallest absolute Gasteiger partial charge is 0.256 e. The van der Waals surface area contributed by atoms with Crippen LogP contribution in [0.3, 0.4) is 0 Å². The van der Waals surface area contributed by atoms with Gasteiger partial charge in [-0.1, -0.05) is 13.8 Å². The Hall–Kier alpha value is -1.95. The van der Waals surface area contributed by atoms with Crippen molar-refractivity contribution in [2.45, 2.75) is 26.3 Å². The van der Waals surface area contributed by atoms with Crippen LogP contribution < -0.4 is 5.32 Å². The Morgan fingerprint density at radius 1 is 1.41 bits per heavy atom. The van der Waals surface area contributed by atoms with Crippen LogP contribution in [0.4, 0.5) is 10.1 Å². The van der Waals surface area contributed by atoms with Crippen LogP contribution in [0.15, 0.2) is 23.6 Å². The monoisotopic (exact) mass is 321 g/mol. The third-order valence-electron chi connectivity index (χ3n) is 3.14. The molecule has 0 unspecified atom stereocenters. The van der Waals surface area contributed by atoms with Crippen molar-refractivity contribution in [2.24, 2.45) is 0 Å². The van der Waals surface area contributed by atoms with E-state index >= 15 is 0 Å². The molecular formula is C16H20FN3OS. The first-order valence-corrected chi connectivity index (χ1v) is 7.96. The van der Waals surface area contributed by atoms with Crippen molar-refractivity contribution in [2.75, 3.05) is 19.4 Å². The quantitative estimate of drug-likeness (QED) is 0.913. The van der Waals surface area contributed by atoms with E-state index in [4.69, 9.17) is 0 Å². The van der Waals surface area contributed by atoms with Crippen LogP contribution in [0.2, 0.25) is 0 Å². The van der Waals surface area contributed by atoms with Gasteiger partial charge in [0, 0.05) is 31.1 Å². The largest absolute Gasteiger partial charge is 0.379 e. The molecule has 0 atom stereocenters. The summed E-state index contributed by atoms with van der Waals surface area (Å²) in [5.41, 5.74) is 1.71. The summed E-state index contributed by atoms with van der Waals surface area (Å²) in [6.07, 6.45) is 0. The second-order valence-electron chi connectivity index (χ2n) is 5.58. The topological polar surface area (TPSA) is 45.2 Å². The van der Waals surface area contributed by atoms with E-state index in [2.05, 4.69) is 24.1 Å². The van der Waals surface area contributed by atoms with Crippen molar-refractivity contribution in [3.8, 4) is 0 Å². The van der Waals surface area contributed by atoms with Crippen molar-refractivity contribution in [1.29, 1.82) is 0 Å². The van der Waals surface area contributed by atoms with Gasteiger partial charge < -0.3 is 10.2 Å². The Balaban J connectivity index is 2.09. The normalized spacial score (nSPS) is 10.8. The molecule has 1 heterocycles. The molecule has 1 amide bonds. The minimum atomic E-state index is -0.514. The molecule has 0 aliphatic carbocycles. The van der Waals surface area contributed by atoms with Gasteiger partial charge in [0.2, 0.25) is 0 Å². The van der Waals surface area contributed by atoms with E-state index in [0.29, 0.717) is 18.2 Å². The highest BCUT2D eigenvalue weighted by atomic mass is 32.1. The average Bonchev–Trinajstić information content (AvgIpc) is 2.94. The zero-order valence-electron chi connectivity index (χ0n) is 13.2. The van der Waals surface area contributed by atoms with Crippen LogP contribution in [0.1, 0.15) is 40.8 Å². The number of benzene rings is 1. The summed E-state index contributed by atoms with van der Waals surface area (Å²) in [6.45, 7) is 4.76. The second-order valence-corrected chi connectivity index (χ2v) is 6.47. The van der Waals surface area contributed by atoms with Crippen molar-refractivity contribution in [1.82, 2.24) is 9.88 Å². The molecule has 1 N–H and O–H groups in total. The van der Waals surface area contributed by atoms with Crippen molar-refractivity contribution in [3.05, 3.63) is 45.7 Å². The molecule has 1 aromatic heterocycles. The Morgan fingerprint density at radius 3 is 2.73 bits per heavy atom. The molecule has 0 fully saturated rings. The third-order valence-corrected chi connectivity index (χ3v) is 4.33. The molecule has 4 nitrogen and oxygen atoms in total. The molecular weight excluding hydrogens is 301 g/mol. The van der Waals surface area contributed by atoms with E-state index in [1.807, 2.05) is 5.38 Å². The van der Waals surface area contributed by atoms with Crippen LogP contribution in [-0.2, 0) is 6.54 Å². The van der Waals surface area contributed by atoms with Gasteiger partial charge in [-0.2, -0.15) is 0 Å². The molecule has 2 rings (SSSR count). The summed E-state index contributed by atoms with van der Waals surface area (Å²) >= 11 is 1.64. The van der Waals surface area contributed by atoms with E-state index in [1.165, 1.54) is 17.0 Å². The molecule has 2 aromatic rings. The van der Waals surface area contributed by atoms with Crippen LogP contribution in [-0.4, -0.2) is 29.9 Å². The number of halogens is 1.